The van der Waals surface area contributed by atoms with Gasteiger partial charge in [-0.3, -0.25) is 0 Å². The number of aromatic nitrogens is 3. The van der Waals surface area contributed by atoms with E-state index in [1.165, 1.54) is 12.1 Å². The van der Waals surface area contributed by atoms with Gasteiger partial charge in [0, 0.05) is 18.7 Å². The molecule has 2 aromatic heterocycles. The highest BCUT2D eigenvalue weighted by atomic mass is 35.5. The largest absolute Gasteiger partial charge is 0.619 e. The molecule has 6 nitrogen and oxygen atoms in total. The zero-order valence-electron chi connectivity index (χ0n) is 15.8. The van der Waals surface area contributed by atoms with Gasteiger partial charge >= 0.3 is 17.5 Å². The number of hydrogen-bond acceptors (Lipinski definition) is 4. The fourth-order valence-corrected chi connectivity index (χ4v) is 3.98. The van der Waals surface area contributed by atoms with Crippen LogP contribution in [0.5, 0.6) is 0 Å². The van der Waals surface area contributed by atoms with Gasteiger partial charge in [-0.05, 0) is 34.6 Å². The van der Waals surface area contributed by atoms with Crippen LogP contribution in [0.1, 0.15) is 11.1 Å². The first kappa shape index (κ1) is 24.8. The molecular formula is C18H9Cl2F6N5OS. The van der Waals surface area contributed by atoms with E-state index >= 15 is 0 Å². The number of thioether (sulfide) groups is 1. The van der Waals surface area contributed by atoms with Crippen molar-refractivity contribution in [2.24, 2.45) is 0 Å². The summed E-state index contributed by atoms with van der Waals surface area (Å²) in [6.45, 7) is 7.08. The Bertz CT molecular complexity index is 1200. The highest BCUT2D eigenvalue weighted by Gasteiger charge is 2.37. The van der Waals surface area contributed by atoms with Gasteiger partial charge in [-0.15, -0.1) is 4.68 Å². The Kier molecular flexibility index (Phi) is 6.92. The third kappa shape index (κ3) is 5.76. The molecule has 174 valence electrons. The van der Waals surface area contributed by atoms with Crippen molar-refractivity contribution in [3.8, 4) is 5.69 Å². The second kappa shape index (κ2) is 9.20. The lowest BCUT2D eigenvalue weighted by molar-refractivity contribution is -0.605. The molecule has 0 aliphatic rings. The summed E-state index contributed by atoms with van der Waals surface area (Å²) < 4.78 is 80.0. The molecule has 1 N–H and O–H groups in total. The van der Waals surface area contributed by atoms with E-state index in [0.717, 1.165) is 17.1 Å². The van der Waals surface area contributed by atoms with Crippen LogP contribution in [0.25, 0.3) is 10.5 Å². The summed E-state index contributed by atoms with van der Waals surface area (Å²) in [5.41, 5.74) is -5.85. The first-order valence-corrected chi connectivity index (χ1v) is 10.1. The number of halogens is 8. The molecule has 0 radical (unpaired) electrons. The molecule has 0 unspecified atom stereocenters. The van der Waals surface area contributed by atoms with Crippen molar-refractivity contribution in [1.29, 1.82) is 0 Å². The van der Waals surface area contributed by atoms with Gasteiger partial charge in [0.25, 0.3) is 0 Å². The molecule has 0 atom stereocenters. The van der Waals surface area contributed by atoms with Crippen LogP contribution in [0, 0.1) is 11.8 Å². The van der Waals surface area contributed by atoms with E-state index in [2.05, 4.69) is 15.3 Å². The van der Waals surface area contributed by atoms with Gasteiger partial charge in [0.2, 0.25) is 0 Å². The molecule has 0 aliphatic heterocycles. The van der Waals surface area contributed by atoms with Gasteiger partial charge < -0.3 is 15.4 Å². The third-order valence-corrected chi connectivity index (χ3v) is 5.42. The number of pyridine rings is 1. The normalized spacial score (nSPS) is 12.0. The van der Waals surface area contributed by atoms with Crippen LogP contribution in [0.2, 0.25) is 10.0 Å². The number of alkyl halides is 6. The topological polar surface area (TPSA) is 61.2 Å². The maximum absolute atomic E-state index is 13.2. The van der Waals surface area contributed by atoms with Gasteiger partial charge in [-0.2, -0.15) is 31.1 Å². The minimum absolute atomic E-state index is 0.120. The van der Waals surface area contributed by atoms with E-state index in [1.807, 2.05) is 0 Å². The lowest BCUT2D eigenvalue weighted by Crippen LogP contribution is -2.24. The van der Waals surface area contributed by atoms with E-state index in [9.17, 15) is 31.5 Å². The molecule has 3 rings (SSSR count). The highest BCUT2D eigenvalue weighted by Crippen LogP contribution is 2.48. The number of anilines is 1. The summed E-state index contributed by atoms with van der Waals surface area (Å²) in [5.74, 6) is -1.04. The average molecular weight is 528 g/mol. The first-order valence-electron chi connectivity index (χ1n) is 8.54. The standard InChI is InChI=1S/C18H9Cl2F6N5OS/c1-27-15-14(33-18(24,25)26)16(28-8-9-2-4-30(32)5-3-9)31(29-15)13-11(19)6-10(7-12(13)20)17(21,22)23/h2-7,28H,8H2. The van der Waals surface area contributed by atoms with Crippen LogP contribution >= 0.6 is 35.0 Å². The predicted octanol–water partition coefficient (Wildman–Crippen LogP) is 6.61. The fraction of sp³-hybridized carbons (Fsp3) is 0.167. The SMILES string of the molecule is [C-]#[N+]c1nn(-c2c(Cl)cc(C(F)(F)F)cc2Cl)c(NCc2cc[n+]([O-])cc2)c1SC(F)(F)F. The maximum atomic E-state index is 13.2. The van der Waals surface area contributed by atoms with Crippen molar-refractivity contribution < 1.29 is 31.1 Å². The molecule has 33 heavy (non-hydrogen) atoms. The zero-order chi connectivity index (χ0) is 24.6. The fourth-order valence-electron chi connectivity index (χ4n) is 2.67. The zero-order valence-corrected chi connectivity index (χ0v) is 18.1. The van der Waals surface area contributed by atoms with Crippen LogP contribution in [0.15, 0.2) is 41.6 Å². The molecule has 0 spiro atoms. The molecule has 0 fully saturated rings. The summed E-state index contributed by atoms with van der Waals surface area (Å²) in [5, 5.41) is 16.6. The summed E-state index contributed by atoms with van der Waals surface area (Å²) in [6.07, 6.45) is -2.45. The number of rotatable bonds is 5. The second-order valence-electron chi connectivity index (χ2n) is 6.28. The smallest absolute Gasteiger partial charge is 0.445 e. The van der Waals surface area contributed by atoms with Crippen molar-refractivity contribution in [2.75, 3.05) is 5.32 Å². The molecule has 0 bridgehead atoms. The van der Waals surface area contributed by atoms with Crippen molar-refractivity contribution in [3.05, 3.63) is 74.5 Å². The number of nitrogens with zero attached hydrogens (tertiary/aromatic N) is 4. The highest BCUT2D eigenvalue weighted by molar-refractivity contribution is 8.00. The van der Waals surface area contributed by atoms with Crippen LogP contribution in [-0.2, 0) is 12.7 Å². The first-order chi connectivity index (χ1) is 15.3. The Hall–Kier alpha value is -2.82. The van der Waals surface area contributed by atoms with E-state index in [4.69, 9.17) is 29.8 Å². The van der Waals surface area contributed by atoms with E-state index in [0.29, 0.717) is 22.4 Å². The van der Waals surface area contributed by atoms with Gasteiger partial charge in [0.1, 0.15) is 5.69 Å². The quantitative estimate of drug-likeness (QED) is 0.133. The minimum atomic E-state index is -4.81. The molecular weight excluding hydrogens is 519 g/mol. The molecule has 2 heterocycles. The minimum Gasteiger partial charge on any atom is -0.619 e. The summed E-state index contributed by atoms with van der Waals surface area (Å²) >= 11 is 11.4. The van der Waals surface area contributed by atoms with Gasteiger partial charge in [-0.25, -0.2) is 0 Å². The Morgan fingerprint density at radius 1 is 1.12 bits per heavy atom. The summed E-state index contributed by atoms with van der Waals surface area (Å²) in [4.78, 5) is 2.37. The van der Waals surface area contributed by atoms with Gasteiger partial charge in [0.15, 0.2) is 18.2 Å². The number of hydrogen-bond donors (Lipinski definition) is 1. The Morgan fingerprint density at radius 3 is 2.18 bits per heavy atom. The molecule has 0 saturated carbocycles. The van der Waals surface area contributed by atoms with Crippen LogP contribution < -0.4 is 10.0 Å². The summed E-state index contributed by atoms with van der Waals surface area (Å²) in [6, 6.07) is 3.88. The van der Waals surface area contributed by atoms with Crippen molar-refractivity contribution in [2.45, 2.75) is 23.1 Å². The Labute approximate surface area is 196 Å². The van der Waals surface area contributed by atoms with E-state index in [-0.39, 0.29) is 18.1 Å². The van der Waals surface area contributed by atoms with E-state index < -0.39 is 49.8 Å². The van der Waals surface area contributed by atoms with Crippen LogP contribution in [0.3, 0.4) is 0 Å². The lowest BCUT2D eigenvalue weighted by atomic mass is 10.2. The molecule has 15 heteroatoms. The Morgan fingerprint density at radius 2 is 1.70 bits per heavy atom. The van der Waals surface area contributed by atoms with Gasteiger partial charge in [-0.1, -0.05) is 29.8 Å². The predicted molar refractivity (Wildman–Crippen MR) is 109 cm³/mol. The number of benzene rings is 1. The molecule has 1 aromatic carbocycles. The number of nitrogens with one attached hydrogen (secondary N) is 1. The van der Waals surface area contributed by atoms with Crippen molar-refractivity contribution in [3.63, 3.8) is 0 Å². The molecule has 0 saturated heterocycles. The van der Waals surface area contributed by atoms with Crippen LogP contribution in [-0.4, -0.2) is 15.3 Å². The van der Waals surface area contributed by atoms with Crippen LogP contribution in [0.4, 0.5) is 38.0 Å². The summed E-state index contributed by atoms with van der Waals surface area (Å²) in [7, 11) is 0. The Balaban J connectivity index is 2.17. The molecule has 0 aliphatic carbocycles. The molecule has 0 amide bonds. The second-order valence-corrected chi connectivity index (χ2v) is 8.17. The molecule has 3 aromatic rings. The van der Waals surface area contributed by atoms with E-state index in [1.54, 1.807) is 0 Å². The van der Waals surface area contributed by atoms with Crippen molar-refractivity contribution in [1.82, 2.24) is 9.78 Å². The third-order valence-electron chi connectivity index (χ3n) is 4.04. The average Bonchev–Trinajstić information content (AvgIpc) is 3.01. The maximum Gasteiger partial charge on any atom is 0.445 e. The monoisotopic (exact) mass is 527 g/mol. The lowest BCUT2D eigenvalue weighted by Gasteiger charge is -2.15. The van der Waals surface area contributed by atoms with Crippen molar-refractivity contribution >= 4 is 46.6 Å². The van der Waals surface area contributed by atoms with Gasteiger partial charge in [0.05, 0.1) is 20.5 Å².